The summed E-state index contributed by atoms with van der Waals surface area (Å²) in [5.41, 5.74) is 0.489. The molecule has 0 saturated heterocycles. The van der Waals surface area contributed by atoms with Gasteiger partial charge in [0.25, 0.3) is 10.1 Å². The van der Waals surface area contributed by atoms with Gasteiger partial charge in [0, 0.05) is 57.8 Å². The zero-order valence-corrected chi connectivity index (χ0v) is 23.9. The molecule has 31 heavy (non-hydrogen) atoms. The standard InChI is InChI=1S/C24H44O5S.K/c1-2-3-4-5-6-7-8-9-10-11-12-13-14-15-16-17-18-22-21-24(26,30(27,28)29)20-19-23(22)25;/h19-20,25-26H,2-18,21H2,1H3,(H,27,28,29);. The Kier molecular flexibility index (Phi) is 18.6. The quantitative estimate of drug-likeness (QED) is 0.116. The smallest absolute Gasteiger partial charge is 0.299 e. The first-order valence-corrected chi connectivity index (χ1v) is 13.5. The van der Waals surface area contributed by atoms with Crippen LogP contribution in [0.2, 0.25) is 0 Å². The molecule has 1 unspecified atom stereocenters. The van der Waals surface area contributed by atoms with Crippen molar-refractivity contribution in [1.82, 2.24) is 0 Å². The van der Waals surface area contributed by atoms with Crippen molar-refractivity contribution in [1.29, 1.82) is 0 Å². The van der Waals surface area contributed by atoms with Crippen molar-refractivity contribution in [2.45, 2.75) is 127 Å². The van der Waals surface area contributed by atoms with Gasteiger partial charge in [-0.05, 0) is 30.6 Å². The molecule has 0 aliphatic heterocycles. The van der Waals surface area contributed by atoms with Crippen LogP contribution in [-0.2, 0) is 10.1 Å². The maximum atomic E-state index is 11.3. The third kappa shape index (κ3) is 13.9. The van der Waals surface area contributed by atoms with E-state index in [9.17, 15) is 23.2 Å². The molecule has 1 radical (unpaired) electrons. The monoisotopic (exact) mass is 483 g/mol. The van der Waals surface area contributed by atoms with Crippen LogP contribution in [0.3, 0.4) is 0 Å². The van der Waals surface area contributed by atoms with Crippen molar-refractivity contribution in [3.05, 3.63) is 23.5 Å². The predicted molar refractivity (Wildman–Crippen MR) is 130 cm³/mol. The van der Waals surface area contributed by atoms with Crippen molar-refractivity contribution in [2.24, 2.45) is 0 Å². The number of rotatable bonds is 18. The van der Waals surface area contributed by atoms with E-state index in [-0.39, 0.29) is 63.6 Å². The first kappa shape index (κ1) is 31.8. The van der Waals surface area contributed by atoms with Crippen molar-refractivity contribution in [2.75, 3.05) is 0 Å². The normalized spacial score (nSPS) is 18.9. The molecule has 1 aliphatic rings. The van der Waals surface area contributed by atoms with Crippen molar-refractivity contribution in [3.63, 3.8) is 0 Å². The van der Waals surface area contributed by atoms with Crippen LogP contribution in [0.25, 0.3) is 0 Å². The van der Waals surface area contributed by atoms with Gasteiger partial charge in [0.15, 0.2) is 0 Å². The first-order valence-electron chi connectivity index (χ1n) is 12.1. The van der Waals surface area contributed by atoms with E-state index in [0.717, 1.165) is 25.3 Å². The molecule has 1 rings (SSSR count). The van der Waals surface area contributed by atoms with E-state index < -0.39 is 15.1 Å². The third-order valence-corrected chi connectivity index (χ3v) is 7.28. The Morgan fingerprint density at radius 1 is 0.806 bits per heavy atom. The summed E-state index contributed by atoms with van der Waals surface area (Å²) in [6.45, 7) is 2.26. The predicted octanol–water partition coefficient (Wildman–Crippen LogP) is 6.61. The molecule has 0 aromatic carbocycles. The van der Waals surface area contributed by atoms with E-state index in [2.05, 4.69) is 6.92 Å². The molecule has 7 heteroatoms. The molecule has 0 aromatic rings. The number of unbranched alkanes of at least 4 members (excludes halogenated alkanes) is 15. The molecule has 177 valence electrons. The fourth-order valence-electron chi connectivity index (χ4n) is 4.06. The molecular weight excluding hydrogens is 439 g/mol. The molecule has 1 atom stereocenters. The van der Waals surface area contributed by atoms with Gasteiger partial charge < -0.3 is 10.2 Å². The van der Waals surface area contributed by atoms with E-state index in [1.54, 1.807) is 0 Å². The van der Waals surface area contributed by atoms with E-state index in [4.69, 9.17) is 0 Å². The van der Waals surface area contributed by atoms with E-state index in [0.29, 0.717) is 12.0 Å². The minimum absolute atomic E-state index is 0. The molecule has 5 nitrogen and oxygen atoms in total. The van der Waals surface area contributed by atoms with Crippen LogP contribution >= 0.6 is 0 Å². The zero-order valence-electron chi connectivity index (χ0n) is 19.9. The van der Waals surface area contributed by atoms with Crippen LogP contribution in [0.5, 0.6) is 0 Å². The average Bonchev–Trinajstić information content (AvgIpc) is 2.69. The fraction of sp³-hybridized carbons (Fsp3) is 0.833. The fourth-order valence-corrected chi connectivity index (χ4v) is 4.66. The van der Waals surface area contributed by atoms with Crippen LogP contribution in [0.15, 0.2) is 23.5 Å². The summed E-state index contributed by atoms with van der Waals surface area (Å²) < 4.78 is 31.9. The second kappa shape index (κ2) is 18.2. The molecular formula is C24H44KO5S. The Hall–Kier alpha value is 0.786. The number of hydrogen-bond donors (Lipinski definition) is 3. The van der Waals surface area contributed by atoms with Gasteiger partial charge in [-0.2, -0.15) is 8.42 Å². The average molecular weight is 484 g/mol. The van der Waals surface area contributed by atoms with Crippen molar-refractivity contribution < 1.29 is 23.2 Å². The molecule has 1 aliphatic carbocycles. The van der Waals surface area contributed by atoms with Gasteiger partial charge >= 0.3 is 0 Å². The van der Waals surface area contributed by atoms with Gasteiger partial charge in [0.1, 0.15) is 5.76 Å². The van der Waals surface area contributed by atoms with Gasteiger partial charge in [-0.1, -0.05) is 103 Å². The Bertz CT molecular complexity index is 630. The van der Waals surface area contributed by atoms with E-state index >= 15 is 0 Å². The Morgan fingerprint density at radius 2 is 1.19 bits per heavy atom. The molecule has 0 saturated carbocycles. The van der Waals surface area contributed by atoms with Gasteiger partial charge in [0.2, 0.25) is 4.93 Å². The third-order valence-electron chi connectivity index (χ3n) is 6.11. The SMILES string of the molecule is CCCCCCCCCCCCCCCCCCC1=C(O)C=CC(O)(S(=O)(=O)O)C1.[K]. The van der Waals surface area contributed by atoms with Crippen LogP contribution in [0.1, 0.15) is 122 Å². The maximum Gasteiger partial charge on any atom is 0.299 e. The summed E-state index contributed by atoms with van der Waals surface area (Å²) in [5, 5.41) is 20.0. The molecule has 0 amide bonds. The molecule has 0 bridgehead atoms. The van der Waals surface area contributed by atoms with Gasteiger partial charge in [-0.15, -0.1) is 0 Å². The topological polar surface area (TPSA) is 94.8 Å². The minimum Gasteiger partial charge on any atom is -0.508 e. The van der Waals surface area contributed by atoms with E-state index in [1.807, 2.05) is 0 Å². The second-order valence-electron chi connectivity index (χ2n) is 8.87. The van der Waals surface area contributed by atoms with Gasteiger partial charge in [-0.3, -0.25) is 4.55 Å². The van der Waals surface area contributed by atoms with E-state index in [1.165, 1.54) is 89.5 Å². The summed E-state index contributed by atoms with van der Waals surface area (Å²) in [5.74, 6) is 0.00397. The number of hydrogen-bond acceptors (Lipinski definition) is 4. The van der Waals surface area contributed by atoms with Crippen LogP contribution in [-0.4, -0.2) is 79.5 Å². The Balaban J connectivity index is 0.00000900. The van der Waals surface area contributed by atoms with Crippen LogP contribution in [0.4, 0.5) is 0 Å². The zero-order chi connectivity index (χ0) is 22.3. The summed E-state index contributed by atoms with van der Waals surface area (Å²) in [6, 6.07) is 0. The summed E-state index contributed by atoms with van der Waals surface area (Å²) in [6.07, 6.45) is 22.9. The molecule has 0 fully saturated rings. The molecule has 0 aromatic heterocycles. The van der Waals surface area contributed by atoms with Crippen molar-refractivity contribution in [3.8, 4) is 0 Å². The van der Waals surface area contributed by atoms with Crippen LogP contribution in [0, 0.1) is 0 Å². The van der Waals surface area contributed by atoms with Crippen LogP contribution < -0.4 is 0 Å². The number of allylic oxidation sites excluding steroid dienone is 1. The Labute approximate surface area is 233 Å². The van der Waals surface area contributed by atoms with Gasteiger partial charge in [-0.25, -0.2) is 0 Å². The minimum atomic E-state index is -4.62. The summed E-state index contributed by atoms with van der Waals surface area (Å²) in [7, 11) is -4.62. The summed E-state index contributed by atoms with van der Waals surface area (Å²) in [4.78, 5) is -2.32. The second-order valence-corrected chi connectivity index (χ2v) is 10.5. The molecule has 0 heterocycles. The van der Waals surface area contributed by atoms with Gasteiger partial charge in [0.05, 0.1) is 0 Å². The Morgan fingerprint density at radius 3 is 1.58 bits per heavy atom. The number of aliphatic hydroxyl groups excluding tert-OH is 1. The number of aliphatic hydroxyl groups is 2. The molecule has 0 spiro atoms. The first-order chi connectivity index (χ1) is 14.3. The maximum absolute atomic E-state index is 11.3. The largest absolute Gasteiger partial charge is 0.508 e. The van der Waals surface area contributed by atoms with Crippen molar-refractivity contribution >= 4 is 61.5 Å². The summed E-state index contributed by atoms with van der Waals surface area (Å²) >= 11 is 0. The molecule has 3 N–H and O–H groups in total.